The molecule has 1 aliphatic carbocycles. The predicted octanol–water partition coefficient (Wildman–Crippen LogP) is 4.27. The van der Waals surface area contributed by atoms with Crippen LogP contribution in [-0.2, 0) is 12.8 Å². The number of hydrogen-bond donors (Lipinski definition) is 0. The molecule has 2 nitrogen and oxygen atoms in total. The van der Waals surface area contributed by atoms with Crippen LogP contribution in [0.4, 0.5) is 0 Å². The lowest BCUT2D eigenvalue weighted by molar-refractivity contribution is 0.681. The molecule has 0 saturated carbocycles. The van der Waals surface area contributed by atoms with Gasteiger partial charge in [-0.1, -0.05) is 47.5 Å². The molecule has 92 valence electrons. The Balaban J connectivity index is 1.95. The minimum absolute atomic E-state index is 0.286. The van der Waals surface area contributed by atoms with Crippen molar-refractivity contribution in [1.82, 2.24) is 9.97 Å². The van der Waals surface area contributed by atoms with Crippen LogP contribution in [-0.4, -0.2) is 9.97 Å². The van der Waals surface area contributed by atoms with Gasteiger partial charge in [-0.3, -0.25) is 0 Å². The van der Waals surface area contributed by atoms with E-state index in [4.69, 9.17) is 23.2 Å². The van der Waals surface area contributed by atoms with Crippen LogP contribution < -0.4 is 0 Å². The molecule has 0 amide bonds. The van der Waals surface area contributed by atoms with Crippen LogP contribution in [0.15, 0.2) is 24.3 Å². The fourth-order valence-electron chi connectivity index (χ4n) is 2.33. The van der Waals surface area contributed by atoms with Gasteiger partial charge in [0, 0.05) is 5.92 Å². The van der Waals surface area contributed by atoms with E-state index in [1.807, 2.05) is 0 Å². The lowest BCUT2D eigenvalue weighted by atomic mass is 10.1. The van der Waals surface area contributed by atoms with E-state index in [0.29, 0.717) is 10.3 Å². The molecule has 3 rings (SSSR count). The Bertz CT molecular complexity index is 568. The van der Waals surface area contributed by atoms with Crippen molar-refractivity contribution in [2.75, 3.05) is 0 Å². The Labute approximate surface area is 129 Å². The van der Waals surface area contributed by atoms with Gasteiger partial charge in [0.1, 0.15) is 16.1 Å². The third-order valence-corrected chi connectivity index (χ3v) is 5.41. The Kier molecular flexibility index (Phi) is 3.47. The predicted molar refractivity (Wildman–Crippen MR) is 81.4 cm³/mol. The van der Waals surface area contributed by atoms with Gasteiger partial charge in [-0.15, -0.1) is 0 Å². The highest BCUT2D eigenvalue weighted by molar-refractivity contribution is 14.1. The number of halogens is 3. The van der Waals surface area contributed by atoms with Crippen molar-refractivity contribution in [3.63, 3.8) is 0 Å². The van der Waals surface area contributed by atoms with Crippen LogP contribution in [0.2, 0.25) is 10.3 Å². The summed E-state index contributed by atoms with van der Waals surface area (Å²) in [6, 6.07) is 8.45. The van der Waals surface area contributed by atoms with Gasteiger partial charge in [0.15, 0.2) is 0 Å². The lowest BCUT2D eigenvalue weighted by Crippen LogP contribution is -2.06. The summed E-state index contributed by atoms with van der Waals surface area (Å²) in [4.78, 5) is 8.72. The van der Waals surface area contributed by atoms with Crippen molar-refractivity contribution in [1.29, 1.82) is 0 Å². The topological polar surface area (TPSA) is 25.8 Å². The summed E-state index contributed by atoms with van der Waals surface area (Å²) in [6.07, 6.45) is 1.92. The summed E-state index contributed by atoms with van der Waals surface area (Å²) in [5, 5.41) is 0.892. The zero-order chi connectivity index (χ0) is 12.7. The molecule has 0 unspecified atom stereocenters. The third-order valence-electron chi connectivity index (χ3n) is 3.20. The van der Waals surface area contributed by atoms with Crippen molar-refractivity contribution in [3.05, 3.63) is 55.1 Å². The Hall–Kier alpha value is -0.390. The molecule has 2 aromatic rings. The van der Waals surface area contributed by atoms with E-state index in [-0.39, 0.29) is 5.92 Å². The second-order valence-electron chi connectivity index (χ2n) is 4.35. The fraction of sp³-hybridized carbons (Fsp3) is 0.231. The summed E-state index contributed by atoms with van der Waals surface area (Å²) >= 11 is 14.2. The Morgan fingerprint density at radius 3 is 2.00 bits per heavy atom. The van der Waals surface area contributed by atoms with Crippen LogP contribution in [0.3, 0.4) is 0 Å². The number of hydrogen-bond acceptors (Lipinski definition) is 2. The van der Waals surface area contributed by atoms with Crippen LogP contribution in [0.25, 0.3) is 0 Å². The van der Waals surface area contributed by atoms with E-state index < -0.39 is 0 Å². The number of aromatic nitrogens is 2. The van der Waals surface area contributed by atoms with Gasteiger partial charge < -0.3 is 0 Å². The fourth-order valence-corrected chi connectivity index (χ4v) is 2.98. The summed E-state index contributed by atoms with van der Waals surface area (Å²) in [7, 11) is 0. The smallest absolute Gasteiger partial charge is 0.147 e. The molecular weight excluding hydrogens is 382 g/mol. The molecule has 18 heavy (non-hydrogen) atoms. The van der Waals surface area contributed by atoms with Crippen molar-refractivity contribution < 1.29 is 0 Å². The number of benzene rings is 1. The maximum absolute atomic E-state index is 6.07. The van der Waals surface area contributed by atoms with E-state index in [1.165, 1.54) is 11.1 Å². The van der Waals surface area contributed by atoms with Crippen molar-refractivity contribution in [2.24, 2.45) is 0 Å². The van der Waals surface area contributed by atoms with Crippen LogP contribution in [0, 0.1) is 3.57 Å². The van der Waals surface area contributed by atoms with Gasteiger partial charge in [-0.2, -0.15) is 0 Å². The molecule has 0 bridgehead atoms. The highest BCUT2D eigenvalue weighted by Gasteiger charge is 2.25. The second kappa shape index (κ2) is 4.94. The summed E-state index contributed by atoms with van der Waals surface area (Å²) in [5.41, 5.74) is 2.74. The van der Waals surface area contributed by atoms with Crippen molar-refractivity contribution >= 4 is 45.8 Å². The first-order chi connectivity index (χ1) is 8.65. The first-order valence-electron chi connectivity index (χ1n) is 5.60. The quantitative estimate of drug-likeness (QED) is 0.536. The minimum atomic E-state index is 0.286. The maximum atomic E-state index is 6.07. The average Bonchev–Trinajstić information content (AvgIpc) is 2.79. The Morgan fingerprint density at radius 1 is 1.00 bits per heavy atom. The lowest BCUT2D eigenvalue weighted by Gasteiger charge is -2.09. The minimum Gasteiger partial charge on any atom is -0.220 e. The van der Waals surface area contributed by atoms with Gasteiger partial charge in [0.2, 0.25) is 0 Å². The van der Waals surface area contributed by atoms with E-state index in [9.17, 15) is 0 Å². The molecule has 0 aliphatic heterocycles. The number of rotatable bonds is 1. The first-order valence-corrected chi connectivity index (χ1v) is 7.44. The van der Waals surface area contributed by atoms with Crippen LogP contribution in [0.1, 0.15) is 22.9 Å². The molecule has 0 saturated heterocycles. The van der Waals surface area contributed by atoms with Gasteiger partial charge in [0.05, 0.1) is 3.57 Å². The molecule has 1 aromatic carbocycles. The number of nitrogens with zero attached hydrogens (tertiary/aromatic N) is 2. The monoisotopic (exact) mass is 390 g/mol. The maximum Gasteiger partial charge on any atom is 0.147 e. The molecule has 0 radical (unpaired) electrons. The van der Waals surface area contributed by atoms with E-state index in [1.54, 1.807) is 0 Å². The van der Waals surface area contributed by atoms with E-state index in [2.05, 4.69) is 56.8 Å². The highest BCUT2D eigenvalue weighted by atomic mass is 127. The molecule has 0 atom stereocenters. The average molecular weight is 391 g/mol. The van der Waals surface area contributed by atoms with Gasteiger partial charge >= 0.3 is 0 Å². The molecule has 1 heterocycles. The van der Waals surface area contributed by atoms with Crippen LogP contribution >= 0.6 is 45.8 Å². The van der Waals surface area contributed by atoms with Crippen molar-refractivity contribution in [2.45, 2.75) is 18.8 Å². The number of fused-ring (bicyclic) bond motifs is 1. The molecule has 5 heteroatoms. The zero-order valence-electron chi connectivity index (χ0n) is 9.33. The van der Waals surface area contributed by atoms with Crippen LogP contribution in [0.5, 0.6) is 0 Å². The molecule has 1 aliphatic rings. The molecule has 0 N–H and O–H groups in total. The first kappa shape index (κ1) is 12.6. The summed E-state index contributed by atoms with van der Waals surface area (Å²) < 4.78 is 0.718. The van der Waals surface area contributed by atoms with Gasteiger partial charge in [0.25, 0.3) is 0 Å². The Morgan fingerprint density at radius 2 is 1.50 bits per heavy atom. The second-order valence-corrected chi connectivity index (χ2v) is 6.15. The van der Waals surface area contributed by atoms with E-state index in [0.717, 1.165) is 22.2 Å². The standard InChI is InChI=1S/C13H9Cl2IN2/c14-11-10(16)12(15)18-13(17-11)9-5-7-3-1-2-4-8(7)6-9/h1-4,9H,5-6H2. The van der Waals surface area contributed by atoms with E-state index >= 15 is 0 Å². The highest BCUT2D eigenvalue weighted by Crippen LogP contribution is 2.34. The zero-order valence-corrected chi connectivity index (χ0v) is 13.0. The van der Waals surface area contributed by atoms with Gasteiger partial charge in [-0.25, -0.2) is 9.97 Å². The van der Waals surface area contributed by atoms with Crippen molar-refractivity contribution in [3.8, 4) is 0 Å². The molecule has 0 spiro atoms. The SMILES string of the molecule is Clc1nc(C2Cc3ccccc3C2)nc(Cl)c1I. The summed E-state index contributed by atoms with van der Waals surface area (Å²) in [5.74, 6) is 1.04. The molecule has 1 aromatic heterocycles. The molecule has 0 fully saturated rings. The molecular formula is C13H9Cl2IN2. The third kappa shape index (κ3) is 2.24. The van der Waals surface area contributed by atoms with Gasteiger partial charge in [-0.05, 0) is 46.6 Å². The summed E-state index contributed by atoms with van der Waals surface area (Å²) in [6.45, 7) is 0. The largest absolute Gasteiger partial charge is 0.220 e. The normalized spacial score (nSPS) is 14.8.